The fraction of sp³-hybridized carbons (Fsp3) is 0.353. The first-order chi connectivity index (χ1) is 30.4. The molecule has 2 saturated heterocycles. The molecule has 10 nitrogen and oxygen atoms in total. The van der Waals surface area contributed by atoms with Gasteiger partial charge in [-0.15, -0.1) is 11.3 Å². The highest BCUT2D eigenvalue weighted by Crippen LogP contribution is 2.41. The fourth-order valence-corrected chi connectivity index (χ4v) is 10.6. The zero-order valence-corrected chi connectivity index (χ0v) is 38.8. The normalized spacial score (nSPS) is 20.0. The van der Waals surface area contributed by atoms with Crippen molar-refractivity contribution in [3.8, 4) is 0 Å². The Kier molecular flexibility index (Phi) is 12.5. The Morgan fingerprint density at radius 3 is 2.02 bits per heavy atom. The Hall–Kier alpha value is -5.37. The van der Waals surface area contributed by atoms with E-state index in [1.165, 1.54) is 4.70 Å². The van der Waals surface area contributed by atoms with Crippen LogP contribution in [0.1, 0.15) is 41.1 Å². The summed E-state index contributed by atoms with van der Waals surface area (Å²) in [6.45, 7) is 13.6. The average Bonchev–Trinajstić information content (AvgIpc) is 3.97. The molecule has 5 aromatic carbocycles. The highest BCUT2D eigenvalue weighted by Gasteiger charge is 2.55. The van der Waals surface area contributed by atoms with E-state index in [1.807, 2.05) is 42.9 Å². The van der Waals surface area contributed by atoms with Gasteiger partial charge in [-0.2, -0.15) is 5.10 Å². The summed E-state index contributed by atoms with van der Waals surface area (Å²) < 4.78 is 23.1. The van der Waals surface area contributed by atoms with Crippen LogP contribution in [0.3, 0.4) is 0 Å². The smallest absolute Gasteiger partial charge is 0.321 e. The van der Waals surface area contributed by atoms with Crippen molar-refractivity contribution >= 4 is 52.2 Å². The lowest BCUT2D eigenvalue weighted by atomic mass is 9.91. The monoisotopic (exact) mass is 878 g/mol. The second-order valence-corrected chi connectivity index (χ2v) is 25.4. The lowest BCUT2D eigenvalue weighted by molar-refractivity contribution is -0.157. The Morgan fingerprint density at radius 2 is 1.37 bits per heavy atom. The second kappa shape index (κ2) is 18.4. The molecule has 4 atom stereocenters. The summed E-state index contributed by atoms with van der Waals surface area (Å²) in [5, 5.41) is 10.3. The molecule has 2 amide bonds. The number of ether oxygens (including phenoxy) is 3. The molecule has 0 aliphatic carbocycles. The van der Waals surface area contributed by atoms with Crippen LogP contribution in [0.5, 0.6) is 0 Å². The number of thiazole rings is 1. The van der Waals surface area contributed by atoms with Gasteiger partial charge in [0.15, 0.2) is 5.79 Å². The number of rotatable bonds is 16. The summed E-state index contributed by atoms with van der Waals surface area (Å²) in [7, 11) is -1.20. The average molecular weight is 879 g/mol. The molecule has 63 heavy (non-hydrogen) atoms. The number of urea groups is 1. The Balaban J connectivity index is 1.06. The fourth-order valence-electron chi connectivity index (χ4n) is 8.96. The number of hydrogen-bond donors (Lipinski definition) is 1. The highest BCUT2D eigenvalue weighted by molar-refractivity contribution is 7.18. The van der Waals surface area contributed by atoms with Crippen LogP contribution >= 0.6 is 11.3 Å². The second-order valence-electron chi connectivity index (χ2n) is 18.6. The van der Waals surface area contributed by atoms with E-state index in [-0.39, 0.29) is 18.1 Å². The number of para-hydroxylation sites is 1. The van der Waals surface area contributed by atoms with Crippen molar-refractivity contribution in [1.29, 1.82) is 0 Å². The molecule has 0 unspecified atom stereocenters. The topological polar surface area (TPSA) is 94.0 Å². The van der Waals surface area contributed by atoms with E-state index in [9.17, 15) is 0 Å². The molecule has 0 saturated carbocycles. The molecule has 0 radical (unpaired) electrons. The maximum absolute atomic E-state index is 15.8. The van der Waals surface area contributed by atoms with Crippen molar-refractivity contribution in [2.45, 2.75) is 109 Å². The van der Waals surface area contributed by atoms with Gasteiger partial charge in [-0.05, 0) is 91.4 Å². The molecule has 326 valence electrons. The van der Waals surface area contributed by atoms with Crippen LogP contribution in [0, 0.1) is 0 Å². The van der Waals surface area contributed by atoms with Gasteiger partial charge >= 0.3 is 6.03 Å². The van der Waals surface area contributed by atoms with Gasteiger partial charge in [0.1, 0.15) is 23.9 Å². The van der Waals surface area contributed by atoms with Crippen molar-refractivity contribution < 1.29 is 19.0 Å². The summed E-state index contributed by atoms with van der Waals surface area (Å²) >= 11 is 1.70. The molecule has 2 aliphatic rings. The molecular formula is C51H58N6O4SSi. The van der Waals surface area contributed by atoms with E-state index < -0.39 is 26.1 Å². The molecular weight excluding hydrogens is 821 g/mol. The maximum atomic E-state index is 15.8. The number of nitrogens with zero attached hydrogens (tertiary/aromatic N) is 5. The van der Waals surface area contributed by atoms with Crippen molar-refractivity contribution in [3.05, 3.63) is 161 Å². The van der Waals surface area contributed by atoms with Gasteiger partial charge in [-0.1, -0.05) is 111 Å². The standard InChI is InChI=1S/C51H58N6O4SSi/c1-51(2)60-48-44(29-36-15-8-6-9-16-36)55(33-38-19-14-20-41(28-38)52-32-47-54-42-21-12-13-22-46(42)62-47)50(58)56(45(49(48)61-51)30-37-17-10-7-11-18-37)34-39-23-24-43-40(27-39)31-53-57(43)35-59-25-26-63(3,4)5/h6-24,27-28,31,44-45,48-49,52H,25-26,29-30,32-35H2,1-5H3/t44-,45-,48+,49+/m1/s1. The third-order valence-corrected chi connectivity index (χ3v) is 14.9. The van der Waals surface area contributed by atoms with Gasteiger partial charge in [-0.3, -0.25) is 0 Å². The zero-order valence-electron chi connectivity index (χ0n) is 36.9. The summed E-state index contributed by atoms with van der Waals surface area (Å²) in [6, 6.07) is 44.3. The van der Waals surface area contributed by atoms with E-state index >= 15 is 4.79 Å². The van der Waals surface area contributed by atoms with Crippen LogP contribution in [-0.4, -0.2) is 75.4 Å². The predicted molar refractivity (Wildman–Crippen MR) is 255 cm³/mol. The van der Waals surface area contributed by atoms with Crippen LogP contribution in [-0.2, 0) is 53.4 Å². The minimum Gasteiger partial charge on any atom is -0.379 e. The van der Waals surface area contributed by atoms with Crippen LogP contribution in [0.4, 0.5) is 10.5 Å². The molecule has 7 aromatic rings. The minimum atomic E-state index is -1.20. The summed E-state index contributed by atoms with van der Waals surface area (Å²) in [6.07, 6.45) is 2.33. The summed E-state index contributed by atoms with van der Waals surface area (Å²) in [4.78, 5) is 24.8. The maximum Gasteiger partial charge on any atom is 0.321 e. The van der Waals surface area contributed by atoms with Gasteiger partial charge in [0.25, 0.3) is 0 Å². The molecule has 1 N–H and O–H groups in total. The van der Waals surface area contributed by atoms with Crippen LogP contribution < -0.4 is 5.32 Å². The molecule has 12 heteroatoms. The zero-order chi connectivity index (χ0) is 43.6. The van der Waals surface area contributed by atoms with E-state index in [2.05, 4.69) is 144 Å². The minimum absolute atomic E-state index is 0.0457. The quantitative estimate of drug-likeness (QED) is 0.0763. The number of benzene rings is 5. The lowest BCUT2D eigenvalue weighted by Crippen LogP contribution is -2.51. The molecule has 4 heterocycles. The van der Waals surface area contributed by atoms with E-state index in [0.717, 1.165) is 62.0 Å². The first-order valence-corrected chi connectivity index (χ1v) is 26.7. The van der Waals surface area contributed by atoms with Crippen molar-refractivity contribution in [2.24, 2.45) is 0 Å². The van der Waals surface area contributed by atoms with Crippen LogP contribution in [0.25, 0.3) is 21.1 Å². The van der Waals surface area contributed by atoms with Gasteiger partial charge in [0.2, 0.25) is 0 Å². The van der Waals surface area contributed by atoms with Gasteiger partial charge in [-0.25, -0.2) is 14.5 Å². The number of anilines is 1. The third-order valence-electron chi connectivity index (χ3n) is 12.1. The first-order valence-electron chi connectivity index (χ1n) is 22.1. The van der Waals surface area contributed by atoms with E-state index in [0.29, 0.717) is 39.2 Å². The molecule has 2 aliphatic heterocycles. The Morgan fingerprint density at radius 1 is 0.746 bits per heavy atom. The van der Waals surface area contributed by atoms with E-state index in [1.54, 1.807) is 11.3 Å². The number of nitrogens with one attached hydrogen (secondary N) is 1. The number of carbonyl (C=O) groups is 1. The summed E-state index contributed by atoms with van der Waals surface area (Å²) in [5.74, 6) is -0.855. The van der Waals surface area contributed by atoms with Crippen LogP contribution in [0.2, 0.25) is 25.7 Å². The molecule has 9 rings (SSSR count). The molecule has 2 aromatic heterocycles. The SMILES string of the molecule is CC1(C)O[C@@H]2[C@@H](O1)[C@@H](Cc1ccccc1)N(Cc1ccc3c(cnn3COCC[Si](C)(C)C)c1)C(=O)N(Cc1cccc(NCc3nc4ccccc4s3)c1)[C@@H]2Cc1ccccc1. The first kappa shape index (κ1) is 42.9. The van der Waals surface area contributed by atoms with E-state index in [4.69, 9.17) is 24.3 Å². The number of amides is 2. The number of hydrogen-bond acceptors (Lipinski definition) is 8. The number of fused-ring (bicyclic) bond motifs is 3. The van der Waals surface area contributed by atoms with Crippen LogP contribution in [0.15, 0.2) is 134 Å². The Labute approximate surface area is 375 Å². The van der Waals surface area contributed by atoms with Gasteiger partial charge in [0, 0.05) is 38.8 Å². The summed E-state index contributed by atoms with van der Waals surface area (Å²) in [5.41, 5.74) is 7.31. The van der Waals surface area contributed by atoms with Crippen molar-refractivity contribution in [1.82, 2.24) is 24.6 Å². The molecule has 2 fully saturated rings. The van der Waals surface area contributed by atoms with Gasteiger partial charge < -0.3 is 29.3 Å². The van der Waals surface area contributed by atoms with Crippen molar-refractivity contribution in [3.63, 3.8) is 0 Å². The number of carbonyl (C=O) groups excluding carboxylic acids is 1. The number of aromatic nitrogens is 3. The predicted octanol–water partition coefficient (Wildman–Crippen LogP) is 10.8. The largest absolute Gasteiger partial charge is 0.379 e. The lowest BCUT2D eigenvalue weighted by Gasteiger charge is -2.37. The van der Waals surface area contributed by atoms with Gasteiger partial charge in [0.05, 0.1) is 40.6 Å². The third kappa shape index (κ3) is 10.2. The molecule has 0 spiro atoms. The Bertz CT molecular complexity index is 2610. The highest BCUT2D eigenvalue weighted by atomic mass is 32.1. The van der Waals surface area contributed by atoms with Crippen molar-refractivity contribution in [2.75, 3.05) is 11.9 Å². The molecule has 0 bridgehead atoms.